The van der Waals surface area contributed by atoms with Gasteiger partial charge in [0.05, 0.1) is 5.41 Å². The number of amides is 1. The van der Waals surface area contributed by atoms with E-state index < -0.39 is 17.0 Å². The molecule has 2 aliphatic rings. The van der Waals surface area contributed by atoms with Crippen molar-refractivity contribution in [1.29, 1.82) is 0 Å². The summed E-state index contributed by atoms with van der Waals surface area (Å²) in [4.78, 5) is 27.3. The standard InChI is InChI=1S/C16H28N2O4/c1-15(2,3)22-14(21)18-11-9-17(10-12-18)8-7-16(13(19)20)5-4-6-16/h4-12H2,1-3H3,(H,19,20). The Morgan fingerprint density at radius 1 is 1.14 bits per heavy atom. The second-order valence-electron chi connectivity index (χ2n) is 7.50. The molecule has 1 aliphatic carbocycles. The smallest absolute Gasteiger partial charge is 0.410 e. The van der Waals surface area contributed by atoms with Crippen LogP contribution in [0.1, 0.15) is 46.5 Å². The molecule has 1 saturated heterocycles. The Balaban J connectivity index is 1.73. The topological polar surface area (TPSA) is 70.1 Å². The summed E-state index contributed by atoms with van der Waals surface area (Å²) in [5, 5.41) is 9.35. The van der Waals surface area contributed by atoms with Crippen LogP contribution in [0.5, 0.6) is 0 Å². The fourth-order valence-corrected chi connectivity index (χ4v) is 3.03. The van der Waals surface area contributed by atoms with Crippen LogP contribution in [0, 0.1) is 5.41 Å². The van der Waals surface area contributed by atoms with E-state index in [9.17, 15) is 14.7 Å². The van der Waals surface area contributed by atoms with Gasteiger partial charge < -0.3 is 14.7 Å². The molecule has 0 radical (unpaired) electrons. The molecule has 6 nitrogen and oxygen atoms in total. The van der Waals surface area contributed by atoms with Crippen molar-refractivity contribution < 1.29 is 19.4 Å². The van der Waals surface area contributed by atoms with Gasteiger partial charge in [0.15, 0.2) is 0 Å². The highest BCUT2D eigenvalue weighted by Crippen LogP contribution is 2.44. The summed E-state index contributed by atoms with van der Waals surface area (Å²) >= 11 is 0. The second-order valence-corrected chi connectivity index (χ2v) is 7.50. The Hall–Kier alpha value is -1.30. The Bertz CT molecular complexity index is 418. The molecule has 0 aromatic carbocycles. The number of nitrogens with zero attached hydrogens (tertiary/aromatic N) is 2. The van der Waals surface area contributed by atoms with Crippen LogP contribution in [-0.2, 0) is 9.53 Å². The number of carboxylic acids is 1. The first kappa shape index (κ1) is 17.1. The summed E-state index contributed by atoms with van der Waals surface area (Å²) in [6, 6.07) is 0. The summed E-state index contributed by atoms with van der Waals surface area (Å²) in [7, 11) is 0. The van der Waals surface area contributed by atoms with Gasteiger partial charge in [-0.3, -0.25) is 9.69 Å². The van der Waals surface area contributed by atoms with E-state index in [4.69, 9.17) is 4.74 Å². The molecule has 0 spiro atoms. The van der Waals surface area contributed by atoms with Gasteiger partial charge in [-0.2, -0.15) is 0 Å². The molecule has 2 rings (SSSR count). The highest BCUT2D eigenvalue weighted by atomic mass is 16.6. The van der Waals surface area contributed by atoms with Crippen LogP contribution < -0.4 is 0 Å². The van der Waals surface area contributed by atoms with Crippen molar-refractivity contribution in [2.24, 2.45) is 5.41 Å². The van der Waals surface area contributed by atoms with Crippen molar-refractivity contribution in [3.8, 4) is 0 Å². The van der Waals surface area contributed by atoms with Crippen molar-refractivity contribution in [2.75, 3.05) is 32.7 Å². The monoisotopic (exact) mass is 312 g/mol. The maximum absolute atomic E-state index is 12.0. The number of hydrogen-bond donors (Lipinski definition) is 1. The van der Waals surface area contributed by atoms with E-state index in [1.165, 1.54) is 0 Å². The first-order valence-corrected chi connectivity index (χ1v) is 8.16. The molecular formula is C16H28N2O4. The van der Waals surface area contributed by atoms with E-state index >= 15 is 0 Å². The SMILES string of the molecule is CC(C)(C)OC(=O)N1CCN(CCC2(C(=O)O)CCC2)CC1. The molecule has 1 heterocycles. The van der Waals surface area contributed by atoms with Gasteiger partial charge in [0.25, 0.3) is 0 Å². The maximum Gasteiger partial charge on any atom is 0.410 e. The molecule has 0 aromatic heterocycles. The minimum absolute atomic E-state index is 0.256. The zero-order valence-corrected chi connectivity index (χ0v) is 13.9. The van der Waals surface area contributed by atoms with Crippen LogP contribution in [0.25, 0.3) is 0 Å². The number of rotatable bonds is 4. The number of ether oxygens (including phenoxy) is 1. The summed E-state index contributed by atoms with van der Waals surface area (Å²) < 4.78 is 5.38. The van der Waals surface area contributed by atoms with E-state index in [2.05, 4.69) is 4.90 Å². The minimum atomic E-state index is -0.647. The molecule has 6 heteroatoms. The third-order valence-corrected chi connectivity index (χ3v) is 4.69. The largest absolute Gasteiger partial charge is 0.481 e. The van der Waals surface area contributed by atoms with Gasteiger partial charge in [0.2, 0.25) is 0 Å². The second kappa shape index (κ2) is 6.44. The van der Waals surface area contributed by atoms with E-state index in [0.29, 0.717) is 13.1 Å². The summed E-state index contributed by atoms with van der Waals surface area (Å²) in [5.41, 5.74) is -0.950. The van der Waals surface area contributed by atoms with Crippen molar-refractivity contribution in [3.63, 3.8) is 0 Å². The highest BCUT2D eigenvalue weighted by Gasteiger charge is 2.44. The summed E-state index contributed by atoms with van der Waals surface area (Å²) in [5.74, 6) is -0.647. The normalized spacial score (nSPS) is 22.0. The van der Waals surface area contributed by atoms with Gasteiger partial charge in [0, 0.05) is 26.2 Å². The third kappa shape index (κ3) is 4.12. The lowest BCUT2D eigenvalue weighted by atomic mass is 9.66. The average Bonchev–Trinajstić information content (AvgIpc) is 2.35. The molecule has 1 N–H and O–H groups in total. The van der Waals surface area contributed by atoms with E-state index in [0.717, 1.165) is 45.3 Å². The van der Waals surface area contributed by atoms with Gasteiger partial charge in [0.1, 0.15) is 5.60 Å². The van der Waals surface area contributed by atoms with Crippen molar-refractivity contribution in [2.45, 2.75) is 52.1 Å². The lowest BCUT2D eigenvalue weighted by molar-refractivity contribution is -0.155. The van der Waals surface area contributed by atoms with E-state index in [1.54, 1.807) is 4.90 Å². The number of aliphatic carboxylic acids is 1. The van der Waals surface area contributed by atoms with Crippen LogP contribution in [0.15, 0.2) is 0 Å². The van der Waals surface area contributed by atoms with Crippen LogP contribution in [-0.4, -0.2) is 65.3 Å². The molecule has 0 bridgehead atoms. The molecule has 0 atom stereocenters. The van der Waals surface area contributed by atoms with Gasteiger partial charge in [-0.15, -0.1) is 0 Å². The van der Waals surface area contributed by atoms with Crippen LogP contribution in [0.2, 0.25) is 0 Å². The molecule has 2 fully saturated rings. The number of carbonyl (C=O) groups excluding carboxylic acids is 1. The number of carboxylic acid groups (broad SMARTS) is 1. The van der Waals surface area contributed by atoms with Gasteiger partial charge in [-0.25, -0.2) is 4.79 Å². The summed E-state index contributed by atoms with van der Waals surface area (Å²) in [6.45, 7) is 9.27. The predicted octanol–water partition coefficient (Wildman–Crippen LogP) is 2.18. The molecule has 1 saturated carbocycles. The maximum atomic E-state index is 12.0. The molecule has 1 amide bonds. The van der Waals surface area contributed by atoms with Crippen molar-refractivity contribution >= 4 is 12.1 Å². The Labute approximate surface area is 132 Å². The lowest BCUT2D eigenvalue weighted by Crippen LogP contribution is -2.51. The van der Waals surface area contributed by atoms with Crippen LogP contribution >= 0.6 is 0 Å². The van der Waals surface area contributed by atoms with Gasteiger partial charge in [-0.1, -0.05) is 6.42 Å². The number of piperazine rings is 1. The molecule has 0 aromatic rings. The fraction of sp³-hybridized carbons (Fsp3) is 0.875. The fourth-order valence-electron chi connectivity index (χ4n) is 3.03. The third-order valence-electron chi connectivity index (χ3n) is 4.69. The first-order chi connectivity index (χ1) is 10.2. The zero-order valence-electron chi connectivity index (χ0n) is 13.9. The van der Waals surface area contributed by atoms with Crippen molar-refractivity contribution in [1.82, 2.24) is 9.80 Å². The quantitative estimate of drug-likeness (QED) is 0.861. The summed E-state index contributed by atoms with van der Waals surface area (Å²) in [6.07, 6.45) is 3.10. The number of hydrogen-bond acceptors (Lipinski definition) is 4. The van der Waals surface area contributed by atoms with E-state index in [-0.39, 0.29) is 6.09 Å². The highest BCUT2D eigenvalue weighted by molar-refractivity contribution is 5.75. The average molecular weight is 312 g/mol. The predicted molar refractivity (Wildman–Crippen MR) is 82.8 cm³/mol. The van der Waals surface area contributed by atoms with E-state index in [1.807, 2.05) is 20.8 Å². The molecule has 22 heavy (non-hydrogen) atoms. The van der Waals surface area contributed by atoms with Gasteiger partial charge in [-0.05, 0) is 46.6 Å². The molecular weight excluding hydrogens is 284 g/mol. The Morgan fingerprint density at radius 3 is 2.14 bits per heavy atom. The zero-order chi connectivity index (χ0) is 16.4. The van der Waals surface area contributed by atoms with Crippen molar-refractivity contribution in [3.05, 3.63) is 0 Å². The van der Waals surface area contributed by atoms with Crippen LogP contribution in [0.4, 0.5) is 4.79 Å². The lowest BCUT2D eigenvalue weighted by Gasteiger charge is -2.41. The first-order valence-electron chi connectivity index (χ1n) is 8.16. The minimum Gasteiger partial charge on any atom is -0.481 e. The Kier molecular flexibility index (Phi) is 5.00. The van der Waals surface area contributed by atoms with Gasteiger partial charge >= 0.3 is 12.1 Å². The van der Waals surface area contributed by atoms with Crippen LogP contribution in [0.3, 0.4) is 0 Å². The molecule has 1 aliphatic heterocycles. The number of carbonyl (C=O) groups is 2. The molecule has 126 valence electrons. The Morgan fingerprint density at radius 2 is 1.73 bits per heavy atom. The molecule has 0 unspecified atom stereocenters.